The number of para-hydroxylation sites is 1. The summed E-state index contributed by atoms with van der Waals surface area (Å²) in [6.45, 7) is 0.244. The Morgan fingerprint density at radius 3 is 2.63 bits per heavy atom. The summed E-state index contributed by atoms with van der Waals surface area (Å²) in [5, 5.41) is 2.85. The first-order valence-corrected chi connectivity index (χ1v) is 7.18. The van der Waals surface area contributed by atoms with Crippen LogP contribution in [0.4, 0.5) is 8.78 Å². The lowest BCUT2D eigenvalue weighted by molar-refractivity contribution is 0.280. The van der Waals surface area contributed by atoms with Gasteiger partial charge in [0, 0.05) is 11.8 Å². The fraction of sp³-hybridized carbons (Fsp3) is 0.308. The number of hydrogen-bond acceptors (Lipinski definition) is 3. The average Bonchev–Trinajstić information content (AvgIpc) is 2.85. The van der Waals surface area contributed by atoms with Crippen LogP contribution in [0.2, 0.25) is 0 Å². The number of halogens is 3. The van der Waals surface area contributed by atoms with Crippen molar-refractivity contribution in [2.45, 2.75) is 18.7 Å². The van der Waals surface area contributed by atoms with Crippen molar-refractivity contribution in [1.82, 2.24) is 4.98 Å². The van der Waals surface area contributed by atoms with Crippen LogP contribution in [0.15, 0.2) is 23.6 Å². The molecule has 1 aromatic heterocycles. The Morgan fingerprint density at radius 2 is 2.00 bits per heavy atom. The lowest BCUT2D eigenvalue weighted by Gasteiger charge is -2.07. The van der Waals surface area contributed by atoms with Crippen LogP contribution in [-0.4, -0.2) is 11.6 Å². The Balaban J connectivity index is 1.80. The molecule has 0 aliphatic heterocycles. The summed E-state index contributed by atoms with van der Waals surface area (Å²) in [6.07, 6.45) is 1.35. The molecule has 0 aliphatic rings. The SMILES string of the molecule is Fc1cccc(F)c1OCCCc1nc(CCl)cs1. The molecule has 19 heavy (non-hydrogen) atoms. The van der Waals surface area contributed by atoms with Gasteiger partial charge in [0.2, 0.25) is 0 Å². The molecule has 2 rings (SSSR count). The summed E-state index contributed by atoms with van der Waals surface area (Å²) in [5.41, 5.74) is 0.850. The lowest BCUT2D eigenvalue weighted by Crippen LogP contribution is -2.02. The molecule has 0 amide bonds. The number of aryl methyl sites for hydroxylation is 1. The van der Waals surface area contributed by atoms with E-state index in [-0.39, 0.29) is 12.4 Å². The summed E-state index contributed by atoms with van der Waals surface area (Å²) in [4.78, 5) is 4.29. The molecule has 0 radical (unpaired) electrons. The Labute approximate surface area is 119 Å². The molecular weight excluding hydrogens is 292 g/mol. The highest BCUT2D eigenvalue weighted by Crippen LogP contribution is 2.21. The number of rotatable bonds is 6. The van der Waals surface area contributed by atoms with Gasteiger partial charge in [-0.25, -0.2) is 13.8 Å². The lowest BCUT2D eigenvalue weighted by atomic mass is 10.3. The van der Waals surface area contributed by atoms with Crippen molar-refractivity contribution >= 4 is 22.9 Å². The predicted molar refractivity (Wildman–Crippen MR) is 71.8 cm³/mol. The van der Waals surface area contributed by atoms with Gasteiger partial charge in [0.05, 0.1) is 23.2 Å². The third-order valence-electron chi connectivity index (χ3n) is 2.44. The molecule has 102 valence electrons. The van der Waals surface area contributed by atoms with Crippen molar-refractivity contribution in [3.63, 3.8) is 0 Å². The van der Waals surface area contributed by atoms with Crippen LogP contribution >= 0.6 is 22.9 Å². The van der Waals surface area contributed by atoms with Crippen LogP contribution < -0.4 is 4.74 Å². The topological polar surface area (TPSA) is 22.1 Å². The Bertz CT molecular complexity index is 527. The molecule has 0 unspecified atom stereocenters. The molecule has 0 bridgehead atoms. The van der Waals surface area contributed by atoms with Crippen molar-refractivity contribution in [2.75, 3.05) is 6.61 Å². The van der Waals surface area contributed by atoms with Crippen LogP contribution in [0.3, 0.4) is 0 Å². The minimum Gasteiger partial charge on any atom is -0.488 e. The smallest absolute Gasteiger partial charge is 0.190 e. The second kappa shape index (κ2) is 6.82. The maximum atomic E-state index is 13.3. The van der Waals surface area contributed by atoms with Crippen LogP contribution in [0.25, 0.3) is 0 Å². The van der Waals surface area contributed by atoms with Gasteiger partial charge in [-0.2, -0.15) is 0 Å². The Kier molecular flexibility index (Phi) is 5.10. The minimum absolute atomic E-state index is 0.244. The van der Waals surface area contributed by atoms with Crippen LogP contribution in [0, 0.1) is 11.6 Å². The van der Waals surface area contributed by atoms with Crippen molar-refractivity contribution in [1.29, 1.82) is 0 Å². The van der Waals surface area contributed by atoms with Gasteiger partial charge in [0.1, 0.15) is 0 Å². The molecule has 0 saturated carbocycles. The summed E-state index contributed by atoms with van der Waals surface area (Å²) in [6, 6.07) is 3.65. The van der Waals surface area contributed by atoms with E-state index in [1.165, 1.54) is 29.5 Å². The largest absolute Gasteiger partial charge is 0.488 e. The summed E-state index contributed by atoms with van der Waals surface area (Å²) < 4.78 is 31.6. The zero-order valence-corrected chi connectivity index (χ0v) is 11.6. The first-order chi connectivity index (χ1) is 9.20. The second-order valence-corrected chi connectivity index (χ2v) is 5.08. The minimum atomic E-state index is -0.682. The molecule has 1 heterocycles. The normalized spacial score (nSPS) is 10.7. The van der Waals surface area contributed by atoms with E-state index in [1.807, 2.05) is 5.38 Å². The zero-order chi connectivity index (χ0) is 13.7. The molecule has 0 spiro atoms. The number of benzene rings is 1. The molecular formula is C13H12ClF2NOS. The van der Waals surface area contributed by atoms with Crippen LogP contribution in [0.5, 0.6) is 5.75 Å². The molecule has 2 nitrogen and oxygen atoms in total. The van der Waals surface area contributed by atoms with E-state index < -0.39 is 11.6 Å². The highest BCUT2D eigenvalue weighted by molar-refractivity contribution is 7.09. The number of alkyl halides is 1. The van der Waals surface area contributed by atoms with Crippen molar-refractivity contribution in [2.24, 2.45) is 0 Å². The van der Waals surface area contributed by atoms with Gasteiger partial charge in [-0.1, -0.05) is 6.07 Å². The van der Waals surface area contributed by atoms with Gasteiger partial charge in [-0.15, -0.1) is 22.9 Å². The average molecular weight is 304 g/mol. The van der Waals surface area contributed by atoms with E-state index in [9.17, 15) is 8.78 Å². The van der Waals surface area contributed by atoms with E-state index in [4.69, 9.17) is 16.3 Å². The molecule has 0 N–H and O–H groups in total. The van der Waals surface area contributed by atoms with Gasteiger partial charge in [-0.3, -0.25) is 0 Å². The molecule has 1 aromatic carbocycles. The highest BCUT2D eigenvalue weighted by Gasteiger charge is 2.09. The molecule has 0 aliphatic carbocycles. The summed E-state index contributed by atoms with van der Waals surface area (Å²) in [7, 11) is 0. The molecule has 2 aromatic rings. The van der Waals surface area contributed by atoms with E-state index in [2.05, 4.69) is 4.98 Å². The van der Waals surface area contributed by atoms with Crippen LogP contribution in [0.1, 0.15) is 17.1 Å². The van der Waals surface area contributed by atoms with Gasteiger partial charge < -0.3 is 4.74 Å². The van der Waals surface area contributed by atoms with E-state index in [1.54, 1.807) is 0 Å². The second-order valence-electron chi connectivity index (χ2n) is 3.87. The monoisotopic (exact) mass is 303 g/mol. The first-order valence-electron chi connectivity index (χ1n) is 5.76. The predicted octanol–water partition coefficient (Wildman–Crippen LogP) is 4.17. The van der Waals surface area contributed by atoms with Crippen molar-refractivity contribution in [3.05, 3.63) is 45.9 Å². The maximum absolute atomic E-state index is 13.3. The van der Waals surface area contributed by atoms with E-state index in [0.717, 1.165) is 10.7 Å². The van der Waals surface area contributed by atoms with Gasteiger partial charge >= 0.3 is 0 Å². The van der Waals surface area contributed by atoms with E-state index >= 15 is 0 Å². The number of thiazole rings is 1. The Hall–Kier alpha value is -1.20. The third kappa shape index (κ3) is 3.88. The van der Waals surface area contributed by atoms with E-state index in [0.29, 0.717) is 18.7 Å². The molecule has 0 atom stereocenters. The van der Waals surface area contributed by atoms with Crippen LogP contribution in [-0.2, 0) is 12.3 Å². The Morgan fingerprint density at radius 1 is 1.26 bits per heavy atom. The van der Waals surface area contributed by atoms with Crippen molar-refractivity contribution < 1.29 is 13.5 Å². The van der Waals surface area contributed by atoms with Gasteiger partial charge in [0.25, 0.3) is 0 Å². The zero-order valence-electron chi connectivity index (χ0n) is 10.0. The summed E-state index contributed by atoms with van der Waals surface area (Å²) in [5.74, 6) is -1.28. The number of nitrogens with zero attached hydrogens (tertiary/aromatic N) is 1. The standard InChI is InChI=1S/C13H12ClF2NOS/c14-7-9-8-19-12(17-9)5-2-6-18-13-10(15)3-1-4-11(13)16/h1,3-4,8H,2,5-7H2. The quantitative estimate of drug-likeness (QED) is 0.590. The highest BCUT2D eigenvalue weighted by atomic mass is 35.5. The third-order valence-corrected chi connectivity index (χ3v) is 3.67. The number of hydrogen-bond donors (Lipinski definition) is 0. The number of ether oxygens (including phenoxy) is 1. The number of aromatic nitrogens is 1. The first kappa shape index (κ1) is 14.2. The van der Waals surface area contributed by atoms with Crippen molar-refractivity contribution in [3.8, 4) is 5.75 Å². The molecule has 0 fully saturated rings. The fourth-order valence-corrected chi connectivity index (χ4v) is 2.61. The fourth-order valence-electron chi connectivity index (χ4n) is 1.54. The van der Waals surface area contributed by atoms with Gasteiger partial charge in [0.15, 0.2) is 17.4 Å². The van der Waals surface area contributed by atoms with Gasteiger partial charge in [-0.05, 0) is 18.6 Å². The maximum Gasteiger partial charge on any atom is 0.190 e. The summed E-state index contributed by atoms with van der Waals surface area (Å²) >= 11 is 7.18. The molecule has 6 heteroatoms. The molecule has 0 saturated heterocycles.